The van der Waals surface area contributed by atoms with Gasteiger partial charge in [0.25, 0.3) is 0 Å². The Labute approximate surface area is 125 Å². The van der Waals surface area contributed by atoms with Crippen molar-refractivity contribution in [3.05, 3.63) is 61.3 Å². The molecule has 0 fully saturated rings. The number of hydrogen-bond donors (Lipinski definition) is 2. The van der Waals surface area contributed by atoms with Crippen LogP contribution in [0.4, 0.5) is 0 Å². The number of fused-ring (bicyclic) bond motifs is 2. The van der Waals surface area contributed by atoms with Crippen molar-refractivity contribution in [3.63, 3.8) is 0 Å². The Hall–Kier alpha value is -3.28. The number of aromatic hydroxyl groups is 2. The minimum absolute atomic E-state index is 0.176. The molecule has 0 atom stereocenters. The minimum Gasteiger partial charge on any atom is -0.506 e. The Morgan fingerprint density at radius 3 is 2.23 bits per heavy atom. The summed E-state index contributed by atoms with van der Waals surface area (Å²) in [6.45, 7) is 0. The zero-order chi connectivity index (χ0) is 15.4. The van der Waals surface area contributed by atoms with Crippen LogP contribution in [-0.4, -0.2) is 30.1 Å². The van der Waals surface area contributed by atoms with Gasteiger partial charge in [0.15, 0.2) is 0 Å². The highest BCUT2D eigenvalue weighted by Gasteiger charge is 1.98. The molecule has 22 heavy (non-hydrogen) atoms. The first kappa shape index (κ1) is 13.7. The highest BCUT2D eigenvalue weighted by atomic mass is 16.3. The number of hydrogen-bond acceptors (Lipinski definition) is 6. The monoisotopic (exact) mass is 292 g/mol. The first-order chi connectivity index (χ1) is 10.8. The molecule has 0 unspecified atom stereocenters. The molecule has 0 saturated heterocycles. The second-order valence-electron chi connectivity index (χ2n) is 4.44. The fraction of sp³-hybridized carbons (Fsp3) is 0. The van der Waals surface area contributed by atoms with Crippen LogP contribution in [0.1, 0.15) is 0 Å². The summed E-state index contributed by atoms with van der Waals surface area (Å²) in [5, 5.41) is 19.4. The van der Waals surface area contributed by atoms with E-state index in [1.807, 2.05) is 12.1 Å². The van der Waals surface area contributed by atoms with Crippen molar-refractivity contribution in [1.82, 2.24) is 19.9 Å². The summed E-state index contributed by atoms with van der Waals surface area (Å²) >= 11 is 0. The normalized spacial score (nSPS) is 10.2. The lowest BCUT2D eigenvalue weighted by Gasteiger charge is -1.96. The van der Waals surface area contributed by atoms with Crippen LogP contribution in [0.5, 0.6) is 11.5 Å². The third-order valence-electron chi connectivity index (χ3n) is 2.99. The van der Waals surface area contributed by atoms with Crippen LogP contribution >= 0.6 is 0 Å². The van der Waals surface area contributed by atoms with Crippen molar-refractivity contribution >= 4 is 21.9 Å². The molecule has 0 spiro atoms. The van der Waals surface area contributed by atoms with Crippen molar-refractivity contribution in [2.45, 2.75) is 0 Å². The summed E-state index contributed by atoms with van der Waals surface area (Å²) in [5.41, 5.74) is 1.87. The average Bonchev–Trinajstić information content (AvgIpc) is 2.57. The smallest absolute Gasteiger partial charge is 0.143 e. The van der Waals surface area contributed by atoms with Gasteiger partial charge < -0.3 is 10.2 Å². The van der Waals surface area contributed by atoms with E-state index < -0.39 is 0 Å². The molecule has 0 aliphatic rings. The molecule has 108 valence electrons. The summed E-state index contributed by atoms with van der Waals surface area (Å²) < 4.78 is 0. The molecule has 6 nitrogen and oxygen atoms in total. The maximum Gasteiger partial charge on any atom is 0.143 e. The third-order valence-corrected chi connectivity index (χ3v) is 2.99. The molecule has 0 saturated carbocycles. The molecule has 0 amide bonds. The van der Waals surface area contributed by atoms with Gasteiger partial charge in [-0.25, -0.2) is 15.0 Å². The molecule has 2 aromatic heterocycles. The SMILES string of the molecule is Oc1cccc2cncnc12.Oc1cccc2nccnc12. The molecular weight excluding hydrogens is 280 g/mol. The van der Waals surface area contributed by atoms with E-state index in [4.69, 9.17) is 0 Å². The minimum atomic E-state index is 0.176. The number of phenols is 2. The van der Waals surface area contributed by atoms with Crippen LogP contribution < -0.4 is 0 Å². The van der Waals surface area contributed by atoms with Crippen molar-refractivity contribution in [2.24, 2.45) is 0 Å². The largest absolute Gasteiger partial charge is 0.506 e. The quantitative estimate of drug-likeness (QED) is 0.517. The van der Waals surface area contributed by atoms with Crippen molar-refractivity contribution in [2.75, 3.05) is 0 Å². The van der Waals surface area contributed by atoms with E-state index in [2.05, 4.69) is 19.9 Å². The number of benzene rings is 2. The Bertz CT molecular complexity index is 840. The average molecular weight is 292 g/mol. The van der Waals surface area contributed by atoms with Gasteiger partial charge in [-0.2, -0.15) is 0 Å². The summed E-state index contributed by atoms with van der Waals surface area (Å²) in [6, 6.07) is 10.4. The number of phenolic OH excluding ortho intramolecular Hbond substituents is 2. The van der Waals surface area contributed by atoms with Crippen LogP contribution in [0.2, 0.25) is 0 Å². The molecule has 2 N–H and O–H groups in total. The van der Waals surface area contributed by atoms with E-state index in [1.54, 1.807) is 42.9 Å². The molecule has 6 heteroatoms. The Morgan fingerprint density at radius 2 is 1.45 bits per heavy atom. The number of para-hydroxylation sites is 2. The second-order valence-corrected chi connectivity index (χ2v) is 4.44. The predicted molar refractivity (Wildman–Crippen MR) is 82.4 cm³/mol. The number of aromatic nitrogens is 4. The maximum atomic E-state index is 9.28. The van der Waals surface area contributed by atoms with Crippen LogP contribution in [-0.2, 0) is 0 Å². The van der Waals surface area contributed by atoms with Crippen molar-refractivity contribution in [3.8, 4) is 11.5 Å². The fourth-order valence-corrected chi connectivity index (χ4v) is 1.98. The van der Waals surface area contributed by atoms with Gasteiger partial charge in [0.1, 0.15) is 28.9 Å². The maximum absolute atomic E-state index is 9.28. The van der Waals surface area contributed by atoms with Gasteiger partial charge in [0.05, 0.1) is 5.52 Å². The third kappa shape index (κ3) is 2.76. The molecule has 0 bridgehead atoms. The molecule has 0 aliphatic heterocycles. The molecule has 2 heterocycles. The topological polar surface area (TPSA) is 92.0 Å². The number of nitrogens with zero attached hydrogens (tertiary/aromatic N) is 4. The first-order valence-electron chi connectivity index (χ1n) is 6.52. The number of rotatable bonds is 0. The molecule has 4 aromatic rings. The lowest BCUT2D eigenvalue weighted by Crippen LogP contribution is -1.80. The van der Waals surface area contributed by atoms with Crippen LogP contribution in [0, 0.1) is 0 Å². The summed E-state index contributed by atoms with van der Waals surface area (Å²) in [5.74, 6) is 0.375. The summed E-state index contributed by atoms with van der Waals surface area (Å²) in [7, 11) is 0. The van der Waals surface area contributed by atoms with Gasteiger partial charge in [-0.15, -0.1) is 0 Å². The Kier molecular flexibility index (Phi) is 3.74. The van der Waals surface area contributed by atoms with E-state index in [0.717, 1.165) is 5.39 Å². The molecule has 4 rings (SSSR count). The van der Waals surface area contributed by atoms with Gasteiger partial charge in [-0.1, -0.05) is 18.2 Å². The van der Waals surface area contributed by atoms with Gasteiger partial charge in [0, 0.05) is 24.0 Å². The fourth-order valence-electron chi connectivity index (χ4n) is 1.98. The van der Waals surface area contributed by atoms with Crippen molar-refractivity contribution in [1.29, 1.82) is 0 Å². The Morgan fingerprint density at radius 1 is 0.727 bits per heavy atom. The van der Waals surface area contributed by atoms with Crippen molar-refractivity contribution < 1.29 is 10.2 Å². The van der Waals surface area contributed by atoms with E-state index in [9.17, 15) is 10.2 Å². The summed E-state index contributed by atoms with van der Waals surface area (Å²) in [4.78, 5) is 15.7. The van der Waals surface area contributed by atoms with Gasteiger partial charge in [-0.3, -0.25) is 4.98 Å². The van der Waals surface area contributed by atoms with E-state index in [-0.39, 0.29) is 11.5 Å². The zero-order valence-electron chi connectivity index (χ0n) is 11.5. The lowest BCUT2D eigenvalue weighted by molar-refractivity contribution is 0.479. The summed E-state index contributed by atoms with van der Waals surface area (Å²) in [6.07, 6.45) is 6.24. The molecule has 0 radical (unpaired) electrons. The highest BCUT2D eigenvalue weighted by Crippen LogP contribution is 2.20. The van der Waals surface area contributed by atoms with Crippen LogP contribution in [0.15, 0.2) is 61.3 Å². The van der Waals surface area contributed by atoms with Gasteiger partial charge >= 0.3 is 0 Å². The molecular formula is C16H12N4O2. The van der Waals surface area contributed by atoms with E-state index in [1.165, 1.54) is 6.33 Å². The zero-order valence-corrected chi connectivity index (χ0v) is 11.5. The molecule has 0 aliphatic carbocycles. The standard InChI is InChI=1S/2C8H6N2O/c11-7-3-1-2-6-4-9-5-10-8(6)7;11-7-3-1-2-6-8(7)10-5-4-9-6/h2*1-5,11H. The highest BCUT2D eigenvalue weighted by molar-refractivity contribution is 5.83. The van der Waals surface area contributed by atoms with E-state index in [0.29, 0.717) is 16.6 Å². The van der Waals surface area contributed by atoms with E-state index >= 15 is 0 Å². The first-order valence-corrected chi connectivity index (χ1v) is 6.52. The van der Waals surface area contributed by atoms with Gasteiger partial charge in [0.2, 0.25) is 0 Å². The lowest BCUT2D eigenvalue weighted by atomic mass is 10.2. The molecule has 2 aromatic carbocycles. The Balaban J connectivity index is 0.000000131. The second kappa shape index (κ2) is 6.01. The van der Waals surface area contributed by atoms with Gasteiger partial charge in [-0.05, 0) is 18.2 Å². The van der Waals surface area contributed by atoms with Crippen LogP contribution in [0.3, 0.4) is 0 Å². The van der Waals surface area contributed by atoms with Crippen LogP contribution in [0.25, 0.3) is 21.9 Å². The predicted octanol–water partition coefficient (Wildman–Crippen LogP) is 2.67.